The average molecular weight is 211 g/mol. The minimum absolute atomic E-state index is 0.0780. The minimum Gasteiger partial charge on any atom is -0.342 e. The highest BCUT2D eigenvalue weighted by atomic mass is 16.2. The Labute approximate surface area is 91.8 Å². The highest BCUT2D eigenvalue weighted by Gasteiger charge is 2.28. The second-order valence-electron chi connectivity index (χ2n) is 4.59. The van der Waals surface area contributed by atoms with Gasteiger partial charge in [0.05, 0.1) is 0 Å². The summed E-state index contributed by atoms with van der Waals surface area (Å²) in [5, 5.41) is 0. The summed E-state index contributed by atoms with van der Waals surface area (Å²) in [6, 6.07) is 0. The van der Waals surface area contributed by atoms with Crippen LogP contribution in [0.3, 0.4) is 0 Å². The van der Waals surface area contributed by atoms with Crippen molar-refractivity contribution in [3.8, 4) is 0 Å². The number of ketones is 1. The van der Waals surface area contributed by atoms with E-state index in [9.17, 15) is 9.59 Å². The molecule has 1 aliphatic heterocycles. The van der Waals surface area contributed by atoms with Gasteiger partial charge in [-0.3, -0.25) is 9.59 Å². The Morgan fingerprint density at radius 2 is 2.07 bits per heavy atom. The molecule has 0 bridgehead atoms. The molecule has 1 heterocycles. The van der Waals surface area contributed by atoms with Crippen molar-refractivity contribution >= 4 is 11.7 Å². The molecule has 0 aromatic carbocycles. The van der Waals surface area contributed by atoms with Crippen LogP contribution in [0.5, 0.6) is 0 Å². The van der Waals surface area contributed by atoms with Crippen LogP contribution in [-0.2, 0) is 9.59 Å². The van der Waals surface area contributed by atoms with E-state index >= 15 is 0 Å². The second kappa shape index (κ2) is 5.29. The van der Waals surface area contributed by atoms with Gasteiger partial charge in [-0.1, -0.05) is 20.8 Å². The Hall–Kier alpha value is -0.860. The molecule has 0 N–H and O–H groups in total. The molecule has 1 amide bonds. The van der Waals surface area contributed by atoms with Gasteiger partial charge in [0.2, 0.25) is 5.91 Å². The maximum Gasteiger partial charge on any atom is 0.222 e. The molecule has 0 aromatic rings. The van der Waals surface area contributed by atoms with Gasteiger partial charge in [0.15, 0.2) is 0 Å². The van der Waals surface area contributed by atoms with Gasteiger partial charge in [0.1, 0.15) is 5.78 Å². The maximum absolute atomic E-state index is 11.8. The predicted molar refractivity (Wildman–Crippen MR) is 59.4 cm³/mol. The van der Waals surface area contributed by atoms with E-state index in [1.807, 2.05) is 25.7 Å². The zero-order chi connectivity index (χ0) is 11.4. The monoisotopic (exact) mass is 211 g/mol. The van der Waals surface area contributed by atoms with Crippen molar-refractivity contribution in [3.05, 3.63) is 0 Å². The number of nitrogens with zero attached hydrogens (tertiary/aromatic N) is 1. The first kappa shape index (κ1) is 12.2. The number of rotatable bonds is 3. The Morgan fingerprint density at radius 1 is 1.40 bits per heavy atom. The van der Waals surface area contributed by atoms with Gasteiger partial charge < -0.3 is 4.90 Å². The van der Waals surface area contributed by atoms with E-state index in [2.05, 4.69) is 0 Å². The summed E-state index contributed by atoms with van der Waals surface area (Å²) in [7, 11) is 0. The quantitative estimate of drug-likeness (QED) is 0.714. The normalized spacial score (nSPS) is 21.9. The Kier molecular flexibility index (Phi) is 4.30. The Bertz CT molecular complexity index is 248. The number of piperidine rings is 1. The fourth-order valence-electron chi connectivity index (χ4n) is 2.13. The highest BCUT2D eigenvalue weighted by molar-refractivity contribution is 5.84. The highest BCUT2D eigenvalue weighted by Crippen LogP contribution is 2.20. The molecule has 1 fully saturated rings. The maximum atomic E-state index is 11.8. The third kappa shape index (κ3) is 3.05. The van der Waals surface area contributed by atoms with Crippen molar-refractivity contribution in [1.82, 2.24) is 4.90 Å². The number of likely N-dealkylation sites (tertiary alicyclic amines) is 1. The summed E-state index contributed by atoms with van der Waals surface area (Å²) in [6.07, 6.45) is 2.46. The van der Waals surface area contributed by atoms with Crippen LogP contribution in [0.1, 0.15) is 40.0 Å². The van der Waals surface area contributed by atoms with Crippen LogP contribution in [-0.4, -0.2) is 29.7 Å². The summed E-state index contributed by atoms with van der Waals surface area (Å²) in [4.78, 5) is 25.2. The van der Waals surface area contributed by atoms with Crippen molar-refractivity contribution in [2.24, 2.45) is 11.8 Å². The van der Waals surface area contributed by atoms with Crippen LogP contribution >= 0.6 is 0 Å². The molecule has 0 aliphatic carbocycles. The number of carbonyl (C=O) groups excluding carboxylic acids is 2. The lowest BCUT2D eigenvalue weighted by Gasteiger charge is -2.32. The van der Waals surface area contributed by atoms with Crippen LogP contribution < -0.4 is 0 Å². The molecule has 1 unspecified atom stereocenters. The molecule has 1 saturated heterocycles. The van der Waals surface area contributed by atoms with Crippen molar-refractivity contribution in [3.63, 3.8) is 0 Å². The molecule has 3 nitrogen and oxygen atoms in total. The molecule has 0 radical (unpaired) electrons. The van der Waals surface area contributed by atoms with Gasteiger partial charge >= 0.3 is 0 Å². The fraction of sp³-hybridized carbons (Fsp3) is 0.833. The Morgan fingerprint density at radius 3 is 2.60 bits per heavy atom. The van der Waals surface area contributed by atoms with Crippen molar-refractivity contribution in [1.29, 1.82) is 0 Å². The van der Waals surface area contributed by atoms with Gasteiger partial charge in [-0.15, -0.1) is 0 Å². The predicted octanol–water partition coefficient (Wildman–Crippen LogP) is 1.86. The molecule has 86 valence electrons. The summed E-state index contributed by atoms with van der Waals surface area (Å²) < 4.78 is 0. The van der Waals surface area contributed by atoms with Gasteiger partial charge in [-0.05, 0) is 12.8 Å². The lowest BCUT2D eigenvalue weighted by atomic mass is 9.88. The van der Waals surface area contributed by atoms with E-state index in [1.165, 1.54) is 0 Å². The van der Waals surface area contributed by atoms with Gasteiger partial charge in [-0.25, -0.2) is 0 Å². The van der Waals surface area contributed by atoms with Gasteiger partial charge in [-0.2, -0.15) is 0 Å². The van der Waals surface area contributed by atoms with Gasteiger partial charge in [0.25, 0.3) is 0 Å². The van der Waals surface area contributed by atoms with Crippen LogP contribution in [0.25, 0.3) is 0 Å². The third-order valence-corrected chi connectivity index (χ3v) is 3.05. The first-order valence-electron chi connectivity index (χ1n) is 5.87. The Balaban J connectivity index is 2.56. The lowest BCUT2D eigenvalue weighted by molar-refractivity contribution is -0.135. The molecule has 0 spiro atoms. The smallest absolute Gasteiger partial charge is 0.222 e. The van der Waals surface area contributed by atoms with Crippen molar-refractivity contribution in [2.45, 2.75) is 40.0 Å². The van der Waals surface area contributed by atoms with E-state index < -0.39 is 0 Å². The number of hydrogen-bond donors (Lipinski definition) is 0. The van der Waals surface area contributed by atoms with E-state index in [0.717, 1.165) is 19.4 Å². The molecular formula is C12H21NO2. The zero-order valence-corrected chi connectivity index (χ0v) is 9.95. The molecule has 1 atom stereocenters. The second-order valence-corrected chi connectivity index (χ2v) is 4.59. The third-order valence-electron chi connectivity index (χ3n) is 3.05. The average Bonchev–Trinajstić information content (AvgIpc) is 2.27. The topological polar surface area (TPSA) is 37.4 Å². The minimum atomic E-state index is 0.0780. The summed E-state index contributed by atoms with van der Waals surface area (Å²) in [5.41, 5.74) is 0. The zero-order valence-electron chi connectivity index (χ0n) is 9.95. The summed E-state index contributed by atoms with van der Waals surface area (Å²) >= 11 is 0. The van der Waals surface area contributed by atoms with Crippen molar-refractivity contribution < 1.29 is 9.59 Å². The molecular weight excluding hydrogens is 190 g/mol. The molecule has 1 aliphatic rings. The largest absolute Gasteiger partial charge is 0.342 e. The fourth-order valence-corrected chi connectivity index (χ4v) is 2.13. The lowest BCUT2D eigenvalue weighted by Crippen LogP contribution is -2.42. The van der Waals surface area contributed by atoms with Crippen LogP contribution in [0.2, 0.25) is 0 Å². The molecule has 15 heavy (non-hydrogen) atoms. The summed E-state index contributed by atoms with van der Waals surface area (Å²) in [5.74, 6) is 0.654. The SMILES string of the molecule is CCC(=O)N1CCCC(C(=O)C(C)C)C1. The van der Waals surface area contributed by atoms with E-state index in [0.29, 0.717) is 18.7 Å². The van der Waals surface area contributed by atoms with Crippen LogP contribution in [0, 0.1) is 11.8 Å². The van der Waals surface area contributed by atoms with Gasteiger partial charge in [0, 0.05) is 31.3 Å². The van der Waals surface area contributed by atoms with E-state index in [4.69, 9.17) is 0 Å². The molecule has 1 rings (SSSR count). The number of hydrogen-bond acceptors (Lipinski definition) is 2. The molecule has 0 saturated carbocycles. The molecule has 3 heteroatoms. The van der Waals surface area contributed by atoms with Crippen LogP contribution in [0.4, 0.5) is 0 Å². The first-order chi connectivity index (χ1) is 7.06. The first-order valence-corrected chi connectivity index (χ1v) is 5.87. The number of Topliss-reactive ketones (excluding diaryl/α,β-unsaturated/α-hetero) is 1. The van der Waals surface area contributed by atoms with Crippen LogP contribution in [0.15, 0.2) is 0 Å². The van der Waals surface area contributed by atoms with Crippen molar-refractivity contribution in [2.75, 3.05) is 13.1 Å². The van der Waals surface area contributed by atoms with E-state index in [1.54, 1.807) is 0 Å². The number of amides is 1. The van der Waals surface area contributed by atoms with E-state index in [-0.39, 0.29) is 17.7 Å². The summed E-state index contributed by atoms with van der Waals surface area (Å²) in [6.45, 7) is 7.21. The number of carbonyl (C=O) groups is 2. The standard InChI is InChI=1S/C12H21NO2/c1-4-11(14)13-7-5-6-10(8-13)12(15)9(2)3/h9-10H,4-8H2,1-3H3. The molecule has 0 aromatic heterocycles.